The summed E-state index contributed by atoms with van der Waals surface area (Å²) in [4.78, 5) is 12.8. The first-order chi connectivity index (χ1) is 15.4. The van der Waals surface area contributed by atoms with Crippen LogP contribution in [0.4, 0.5) is 0 Å². The Hall–Kier alpha value is -3.34. The van der Waals surface area contributed by atoms with Gasteiger partial charge in [-0.05, 0) is 48.4 Å². The average molecular weight is 427 g/mol. The molecule has 2 aliphatic carbocycles. The lowest BCUT2D eigenvalue weighted by atomic mass is 9.70. The van der Waals surface area contributed by atoms with Crippen molar-refractivity contribution >= 4 is 16.9 Å². The van der Waals surface area contributed by atoms with Crippen LogP contribution in [0.15, 0.2) is 65.1 Å². The van der Waals surface area contributed by atoms with E-state index in [9.17, 15) is 4.79 Å². The van der Waals surface area contributed by atoms with Gasteiger partial charge in [-0.3, -0.25) is 0 Å². The average Bonchev–Trinajstić information content (AvgIpc) is 3.49. The smallest absolute Gasteiger partial charge is 0.374 e. The van der Waals surface area contributed by atoms with Crippen molar-refractivity contribution in [3.8, 4) is 5.69 Å². The third-order valence-corrected chi connectivity index (χ3v) is 8.06. The van der Waals surface area contributed by atoms with E-state index in [1.165, 1.54) is 11.3 Å². The van der Waals surface area contributed by atoms with E-state index in [0.717, 1.165) is 29.6 Å². The predicted molar refractivity (Wildman–Crippen MR) is 122 cm³/mol. The molecule has 2 aromatic heterocycles. The van der Waals surface area contributed by atoms with Crippen LogP contribution >= 0.6 is 0 Å². The number of ether oxygens (including phenoxy) is 1. The zero-order valence-corrected chi connectivity index (χ0v) is 18.6. The molecule has 5 nitrogen and oxygen atoms in total. The van der Waals surface area contributed by atoms with Crippen LogP contribution in [-0.2, 0) is 16.8 Å². The Morgan fingerprint density at radius 1 is 1.12 bits per heavy atom. The Labute approximate surface area is 187 Å². The lowest BCUT2D eigenvalue weighted by Crippen LogP contribution is -2.33. The van der Waals surface area contributed by atoms with Crippen molar-refractivity contribution in [2.75, 3.05) is 0 Å². The third-order valence-electron chi connectivity index (χ3n) is 8.06. The van der Waals surface area contributed by atoms with Gasteiger partial charge in [-0.2, -0.15) is 5.10 Å². The molecule has 1 saturated carbocycles. The molecule has 1 fully saturated rings. The highest BCUT2D eigenvalue weighted by molar-refractivity contribution is 5.92. The van der Waals surface area contributed by atoms with Crippen LogP contribution in [0.5, 0.6) is 0 Å². The summed E-state index contributed by atoms with van der Waals surface area (Å²) < 4.78 is 13.5. The van der Waals surface area contributed by atoms with E-state index in [1.54, 1.807) is 6.07 Å². The Morgan fingerprint density at radius 2 is 1.88 bits per heavy atom. The number of benzene rings is 2. The molecule has 0 saturated heterocycles. The largest absolute Gasteiger partial charge is 0.453 e. The number of carbonyl (C=O) groups is 1. The molecule has 0 spiro atoms. The number of aromatic nitrogens is 2. The van der Waals surface area contributed by atoms with Crippen LogP contribution in [-0.4, -0.2) is 15.7 Å². The second-order valence-electron chi connectivity index (χ2n) is 9.83. The van der Waals surface area contributed by atoms with E-state index in [4.69, 9.17) is 14.3 Å². The number of nitrogens with zero attached hydrogens (tertiary/aromatic N) is 2. The molecule has 0 unspecified atom stereocenters. The fourth-order valence-electron chi connectivity index (χ4n) is 5.95. The van der Waals surface area contributed by atoms with Gasteiger partial charge in [0.2, 0.25) is 5.76 Å². The standard InChI is InChI=1S/C27H26N2O3/c1-26(2)19-13-14-27(26,3)24-23(19)20(28-29(24)18-10-5-4-6-11-18)16-31-25(30)22-15-17-9-7-8-12-21(17)32-22/h4-12,15,19H,13-14,16H2,1-3H3/t19-,27+/m1/s1. The summed E-state index contributed by atoms with van der Waals surface area (Å²) in [5, 5.41) is 5.86. The minimum atomic E-state index is -0.460. The minimum Gasteiger partial charge on any atom is -0.453 e. The van der Waals surface area contributed by atoms with Crippen molar-refractivity contribution in [2.24, 2.45) is 5.41 Å². The lowest BCUT2D eigenvalue weighted by molar-refractivity contribution is 0.0431. The van der Waals surface area contributed by atoms with Gasteiger partial charge in [-0.1, -0.05) is 57.2 Å². The first kappa shape index (κ1) is 19.4. The molecule has 2 atom stereocenters. The number of hydrogen-bond donors (Lipinski definition) is 0. The number of fused-ring (bicyclic) bond motifs is 6. The van der Waals surface area contributed by atoms with Crippen LogP contribution in [0, 0.1) is 5.41 Å². The maximum Gasteiger partial charge on any atom is 0.374 e. The van der Waals surface area contributed by atoms with Gasteiger partial charge in [0.1, 0.15) is 17.9 Å². The Kier molecular flexibility index (Phi) is 3.98. The number of carbonyl (C=O) groups excluding carboxylic acids is 1. The van der Waals surface area contributed by atoms with Crippen LogP contribution in [0.25, 0.3) is 16.7 Å². The lowest BCUT2D eigenvalue weighted by Gasteiger charge is -2.35. The molecule has 5 heteroatoms. The maximum atomic E-state index is 12.8. The van der Waals surface area contributed by atoms with Gasteiger partial charge in [0, 0.05) is 16.4 Å². The summed E-state index contributed by atoms with van der Waals surface area (Å²) in [6.07, 6.45) is 2.29. The molecule has 2 bridgehead atoms. The number of para-hydroxylation sites is 2. The van der Waals surface area contributed by atoms with Crippen LogP contribution in [0.2, 0.25) is 0 Å². The van der Waals surface area contributed by atoms with Gasteiger partial charge in [-0.25, -0.2) is 9.48 Å². The highest BCUT2D eigenvalue weighted by atomic mass is 16.5. The van der Waals surface area contributed by atoms with E-state index in [2.05, 4.69) is 37.6 Å². The zero-order chi connectivity index (χ0) is 22.1. The monoisotopic (exact) mass is 426 g/mol. The SMILES string of the molecule is CC1(C)[C@@H]2CC[C@@]1(C)c1c2c(COC(=O)c2cc3ccccc3o2)nn1-c1ccccc1. The van der Waals surface area contributed by atoms with Gasteiger partial charge in [-0.15, -0.1) is 0 Å². The summed E-state index contributed by atoms with van der Waals surface area (Å²) in [5.41, 5.74) is 5.30. The predicted octanol–water partition coefficient (Wildman–Crippen LogP) is 6.15. The van der Waals surface area contributed by atoms with Crippen molar-refractivity contribution in [3.63, 3.8) is 0 Å². The molecule has 6 rings (SSSR count). The molecule has 4 aromatic rings. The zero-order valence-electron chi connectivity index (χ0n) is 18.6. The van der Waals surface area contributed by atoms with Crippen molar-refractivity contribution in [1.82, 2.24) is 9.78 Å². The number of esters is 1. The summed E-state index contributed by atoms with van der Waals surface area (Å²) >= 11 is 0. The van der Waals surface area contributed by atoms with Crippen molar-refractivity contribution in [1.29, 1.82) is 0 Å². The molecule has 2 heterocycles. The molecule has 0 aliphatic heterocycles. The molecular weight excluding hydrogens is 400 g/mol. The van der Waals surface area contributed by atoms with E-state index in [0.29, 0.717) is 11.5 Å². The van der Waals surface area contributed by atoms with Gasteiger partial charge in [0.15, 0.2) is 0 Å². The van der Waals surface area contributed by atoms with Crippen molar-refractivity contribution < 1.29 is 13.9 Å². The Bertz CT molecular complexity index is 1320. The molecule has 2 aromatic carbocycles. The molecule has 2 aliphatic rings. The molecule has 0 N–H and O–H groups in total. The first-order valence-electron chi connectivity index (χ1n) is 11.2. The molecule has 162 valence electrons. The van der Waals surface area contributed by atoms with E-state index >= 15 is 0 Å². The summed E-state index contributed by atoms with van der Waals surface area (Å²) in [6.45, 7) is 7.24. The van der Waals surface area contributed by atoms with Gasteiger partial charge >= 0.3 is 5.97 Å². The molecule has 0 amide bonds. The van der Waals surface area contributed by atoms with E-state index < -0.39 is 5.97 Å². The highest BCUT2D eigenvalue weighted by Crippen LogP contribution is 2.68. The van der Waals surface area contributed by atoms with Crippen LogP contribution in [0.3, 0.4) is 0 Å². The molecule has 32 heavy (non-hydrogen) atoms. The van der Waals surface area contributed by atoms with Crippen molar-refractivity contribution in [2.45, 2.75) is 51.6 Å². The van der Waals surface area contributed by atoms with E-state index in [1.807, 2.05) is 42.5 Å². The van der Waals surface area contributed by atoms with Gasteiger partial charge in [0.05, 0.1) is 11.4 Å². The summed E-state index contributed by atoms with van der Waals surface area (Å²) in [7, 11) is 0. The number of rotatable bonds is 4. The van der Waals surface area contributed by atoms with Crippen molar-refractivity contribution in [3.05, 3.63) is 83.4 Å². The second kappa shape index (κ2) is 6.58. The van der Waals surface area contributed by atoms with Crippen LogP contribution < -0.4 is 0 Å². The number of hydrogen-bond acceptors (Lipinski definition) is 4. The number of furan rings is 1. The fraction of sp³-hybridized carbons (Fsp3) is 0.333. The quantitative estimate of drug-likeness (QED) is 0.367. The van der Waals surface area contributed by atoms with Gasteiger partial charge in [0.25, 0.3) is 0 Å². The Morgan fingerprint density at radius 3 is 2.66 bits per heavy atom. The fourth-order valence-corrected chi connectivity index (χ4v) is 5.95. The van der Waals surface area contributed by atoms with Gasteiger partial charge < -0.3 is 9.15 Å². The molecular formula is C27H26N2O3. The normalized spacial score (nSPS) is 22.9. The minimum absolute atomic E-state index is 0.0385. The maximum absolute atomic E-state index is 12.8. The first-order valence-corrected chi connectivity index (χ1v) is 11.2. The van der Waals surface area contributed by atoms with Crippen LogP contribution in [0.1, 0.15) is 67.0 Å². The summed E-state index contributed by atoms with van der Waals surface area (Å²) in [6, 6.07) is 19.6. The topological polar surface area (TPSA) is 57.3 Å². The Balaban J connectivity index is 1.37. The summed E-state index contributed by atoms with van der Waals surface area (Å²) in [5.74, 6) is 0.178. The third kappa shape index (κ3) is 2.51. The second-order valence-corrected chi connectivity index (χ2v) is 9.83. The molecule has 0 radical (unpaired) electrons. The van der Waals surface area contributed by atoms with E-state index in [-0.39, 0.29) is 23.2 Å². The highest BCUT2D eigenvalue weighted by Gasteiger charge is 2.62.